The van der Waals surface area contributed by atoms with Gasteiger partial charge < -0.3 is 14.3 Å². The Morgan fingerprint density at radius 3 is 2.63 bits per heavy atom. The molecule has 0 unspecified atom stereocenters. The summed E-state index contributed by atoms with van der Waals surface area (Å²) in [6.07, 6.45) is 10.5. The number of benzene rings is 1. The molecule has 156 valence electrons. The Hall–Kier alpha value is -1.97. The van der Waals surface area contributed by atoms with Gasteiger partial charge in [0, 0.05) is 20.1 Å². The molecule has 1 amide bonds. The van der Waals surface area contributed by atoms with Crippen molar-refractivity contribution in [3.8, 4) is 5.75 Å². The van der Waals surface area contributed by atoms with Crippen molar-refractivity contribution >= 4 is 11.5 Å². The Kier molecular flexibility index (Phi) is 8.81. The first-order valence-electron chi connectivity index (χ1n) is 9.68. The first-order valence-corrected chi connectivity index (χ1v) is 9.68. The van der Waals surface area contributed by atoms with Crippen molar-refractivity contribution in [2.75, 3.05) is 20.2 Å². The van der Waals surface area contributed by atoms with Crippen LogP contribution in [0.3, 0.4) is 0 Å². The average molecular weight is 634 g/mol. The van der Waals surface area contributed by atoms with Crippen LogP contribution in [0.2, 0.25) is 0 Å². The summed E-state index contributed by atoms with van der Waals surface area (Å²) in [6.45, 7) is 4.92. The van der Waals surface area contributed by atoms with Crippen LogP contribution >= 0.6 is 0 Å². The molecule has 0 atom stereocenters. The Labute approximate surface area is 201 Å². The normalized spacial score (nSPS) is 14.8. The van der Waals surface area contributed by atoms with Gasteiger partial charge >= 0.3 is 31.1 Å². The maximum absolute atomic E-state index is 14.3. The number of aryl methyl sites for hydroxylation is 1. The number of hydrogen-bond donors (Lipinski definition) is 0. The van der Waals surface area contributed by atoms with Gasteiger partial charge in [0.1, 0.15) is 17.1 Å². The molecule has 1 aromatic heterocycles. The van der Waals surface area contributed by atoms with E-state index in [9.17, 15) is 9.18 Å². The Morgan fingerprint density at radius 2 is 2.03 bits per heavy atom. The van der Waals surface area contributed by atoms with Crippen LogP contribution < -0.4 is 4.74 Å². The second-order valence-electron chi connectivity index (χ2n) is 6.91. The number of nitrogens with zero attached hydrogens (tertiary/aromatic N) is 3. The number of rotatable bonds is 5. The summed E-state index contributed by atoms with van der Waals surface area (Å²) >= 11 is 0. The van der Waals surface area contributed by atoms with Crippen molar-refractivity contribution in [3.63, 3.8) is 0 Å². The molecule has 1 aliphatic heterocycles. The van der Waals surface area contributed by atoms with E-state index in [0.717, 1.165) is 16.8 Å². The smallest absolute Gasteiger partial charge is 0.496 e. The molecular weight excluding hydrogens is 607 g/mol. The van der Waals surface area contributed by atoms with Gasteiger partial charge in [-0.2, -0.15) is 17.6 Å². The predicted molar refractivity (Wildman–Crippen MR) is 111 cm³/mol. The van der Waals surface area contributed by atoms with Crippen LogP contribution in [0, 0.1) is 48.9 Å². The third-order valence-electron chi connectivity index (χ3n) is 5.24. The van der Waals surface area contributed by atoms with Crippen LogP contribution in [-0.4, -0.2) is 40.8 Å². The molecule has 0 aliphatic carbocycles. The zero-order chi connectivity index (χ0) is 21.0. The fourth-order valence-electron chi connectivity index (χ4n) is 3.75. The maximum atomic E-state index is 14.3. The number of piperidine rings is 1. The van der Waals surface area contributed by atoms with E-state index in [1.165, 1.54) is 25.2 Å². The molecule has 0 saturated carbocycles. The summed E-state index contributed by atoms with van der Waals surface area (Å²) in [5, 5.41) is 4.43. The monoisotopic (exact) mass is 633 g/mol. The van der Waals surface area contributed by atoms with Crippen molar-refractivity contribution in [2.45, 2.75) is 26.7 Å². The topological polar surface area (TPSA) is 47.4 Å². The number of methoxy groups -OCH3 is 1. The second-order valence-corrected chi connectivity index (χ2v) is 6.91. The molecule has 1 aliphatic rings. The van der Waals surface area contributed by atoms with Gasteiger partial charge in [-0.05, 0) is 12.1 Å². The van der Waals surface area contributed by atoms with Crippen molar-refractivity contribution < 1.29 is 45.0 Å². The Morgan fingerprint density at radius 1 is 1.33 bits per heavy atom. The molecule has 3 rings (SSSR count). The maximum Gasteiger partial charge on any atom is 2.00 e. The number of allylic oxidation sites excluding steroid dienone is 4. The minimum absolute atomic E-state index is 0. The van der Waals surface area contributed by atoms with Crippen molar-refractivity contribution in [2.24, 2.45) is 7.05 Å². The van der Waals surface area contributed by atoms with E-state index in [1.807, 2.05) is 43.9 Å². The first-order chi connectivity index (χ1) is 14.0. The Balaban J connectivity index is 0.00000320. The van der Waals surface area contributed by atoms with E-state index in [-0.39, 0.29) is 48.3 Å². The van der Waals surface area contributed by atoms with Crippen molar-refractivity contribution in [1.82, 2.24) is 14.7 Å². The average Bonchev–Trinajstić information content (AvgIpc) is 3.12. The van der Waals surface area contributed by atoms with Gasteiger partial charge in [-0.25, -0.2) is 10.5 Å². The number of halogens is 1. The van der Waals surface area contributed by atoms with Gasteiger partial charge in [-0.3, -0.25) is 9.89 Å². The van der Waals surface area contributed by atoms with E-state index < -0.39 is 5.82 Å². The molecule has 0 spiro atoms. The summed E-state index contributed by atoms with van der Waals surface area (Å²) in [4.78, 5) is 14.6. The molecule has 1 saturated heterocycles. The van der Waals surface area contributed by atoms with Crippen molar-refractivity contribution in [1.29, 1.82) is 0 Å². The van der Waals surface area contributed by atoms with E-state index in [1.54, 1.807) is 11.0 Å². The van der Waals surface area contributed by atoms with E-state index in [4.69, 9.17) is 4.74 Å². The molecule has 0 bridgehead atoms. The number of likely N-dealkylation sites (tertiary alicyclic amines) is 1. The van der Waals surface area contributed by atoms with Gasteiger partial charge in [0.15, 0.2) is 0 Å². The van der Waals surface area contributed by atoms with Crippen LogP contribution in [0.1, 0.15) is 48.3 Å². The van der Waals surface area contributed by atoms with Gasteiger partial charge in [0.05, 0.1) is 7.11 Å². The fraction of sp³-hybridized carbons (Fsp3) is 0.348. The summed E-state index contributed by atoms with van der Waals surface area (Å²) in [5.41, 5.74) is 3.10. The molecule has 0 N–H and O–H groups in total. The minimum atomic E-state index is -0.557. The molecule has 5 nitrogen and oxygen atoms in total. The van der Waals surface area contributed by atoms with Gasteiger partial charge in [-0.1, -0.05) is 44.6 Å². The predicted octanol–water partition coefficient (Wildman–Crippen LogP) is 4.21. The minimum Gasteiger partial charge on any atom is -0.496 e. The SMILES string of the molecule is C[C-]=C(/C=C\C)c1c([C-]2CCN(C(=O)c3c(F)cccc3OC)CC2)cnn1C.[U+2]. The van der Waals surface area contributed by atoms with Gasteiger partial charge in [0.25, 0.3) is 5.91 Å². The van der Waals surface area contributed by atoms with Crippen molar-refractivity contribution in [3.05, 3.63) is 71.2 Å². The molecule has 1 aromatic carbocycles. The van der Waals surface area contributed by atoms with E-state index in [2.05, 4.69) is 11.2 Å². The fourth-order valence-corrected chi connectivity index (χ4v) is 3.75. The zero-order valence-electron chi connectivity index (χ0n) is 17.8. The van der Waals surface area contributed by atoms with Gasteiger partial charge in [-0.15, -0.1) is 11.6 Å². The number of ether oxygens (including phenoxy) is 1. The van der Waals surface area contributed by atoms with Gasteiger partial charge in [0.2, 0.25) is 0 Å². The molecule has 1 fully saturated rings. The van der Waals surface area contributed by atoms with Crippen LogP contribution in [-0.2, 0) is 7.05 Å². The second kappa shape index (κ2) is 10.9. The van der Waals surface area contributed by atoms with E-state index >= 15 is 0 Å². The Bertz CT molecular complexity index is 944. The summed E-state index contributed by atoms with van der Waals surface area (Å²) in [5.74, 6) is 0.619. The van der Waals surface area contributed by atoms with Crippen LogP contribution in [0.15, 0.2) is 36.5 Å². The summed E-state index contributed by atoms with van der Waals surface area (Å²) in [6, 6.07) is 4.43. The molecule has 30 heavy (non-hydrogen) atoms. The third kappa shape index (κ3) is 4.84. The number of carbonyl (C=O) groups is 1. The number of amides is 1. The van der Waals surface area contributed by atoms with Crippen LogP contribution in [0.4, 0.5) is 4.39 Å². The largest absolute Gasteiger partial charge is 2.00 e. The molecular formula is C23H26FN3O2U. The standard InChI is InChI=1S/C23H26FN3O2.U/c1-5-8-16(6-2)22-18(15-25-26(22)3)17-11-13-27(14-12-17)23(28)21-19(24)9-7-10-20(21)29-4;/h5,7-10,15H,11-14H2,1-4H3;/q-2;+2/b8-5-;. The molecule has 2 heterocycles. The van der Waals surface area contributed by atoms with Crippen LogP contribution in [0.25, 0.3) is 5.57 Å². The van der Waals surface area contributed by atoms with E-state index in [0.29, 0.717) is 25.9 Å². The summed E-state index contributed by atoms with van der Waals surface area (Å²) < 4.78 is 21.3. The van der Waals surface area contributed by atoms with Crippen LogP contribution in [0.5, 0.6) is 5.75 Å². The molecule has 0 radical (unpaired) electrons. The number of carbonyl (C=O) groups excluding carboxylic acids is 1. The number of hydrogen-bond acceptors (Lipinski definition) is 3. The molecule has 7 heteroatoms. The summed E-state index contributed by atoms with van der Waals surface area (Å²) in [7, 11) is 3.36. The molecule has 2 aromatic rings. The first kappa shape index (κ1) is 24.3. The zero-order valence-corrected chi connectivity index (χ0v) is 22.0. The third-order valence-corrected chi connectivity index (χ3v) is 5.24. The number of aromatic nitrogens is 2. The quantitative estimate of drug-likeness (QED) is 0.367.